The highest BCUT2D eigenvalue weighted by molar-refractivity contribution is 5.89. The Balaban J connectivity index is 2.39. The second-order valence-corrected chi connectivity index (χ2v) is 3.82. The number of aromatic nitrogens is 1. The van der Waals surface area contributed by atoms with Crippen LogP contribution in [0.1, 0.15) is 10.4 Å². The maximum absolute atomic E-state index is 13.7. The average molecular weight is 292 g/mol. The number of carbonyl (C=O) groups is 1. The van der Waals surface area contributed by atoms with E-state index in [1.165, 1.54) is 31.5 Å². The zero-order chi connectivity index (χ0) is 15.4. The Morgan fingerprint density at radius 1 is 1.38 bits per heavy atom. The Morgan fingerprint density at radius 2 is 2.14 bits per heavy atom. The van der Waals surface area contributed by atoms with E-state index in [1.807, 2.05) is 0 Å². The van der Waals surface area contributed by atoms with Crippen molar-refractivity contribution in [3.05, 3.63) is 58.0 Å². The Bertz CT molecular complexity index is 705. The summed E-state index contributed by atoms with van der Waals surface area (Å²) in [6.45, 7) is 0. The van der Waals surface area contributed by atoms with Crippen LogP contribution < -0.4 is 4.74 Å². The molecule has 0 bridgehead atoms. The molecular weight excluding hydrogens is 283 g/mol. The number of nitro benzene ring substituents is 1. The van der Waals surface area contributed by atoms with Gasteiger partial charge in [0.15, 0.2) is 5.82 Å². The van der Waals surface area contributed by atoms with Crippen LogP contribution in [-0.2, 0) is 4.74 Å². The second kappa shape index (κ2) is 5.95. The van der Waals surface area contributed by atoms with Crippen LogP contribution >= 0.6 is 0 Å². The fourth-order valence-corrected chi connectivity index (χ4v) is 1.56. The summed E-state index contributed by atoms with van der Waals surface area (Å²) in [5.74, 6) is -2.28. The highest BCUT2D eigenvalue weighted by Crippen LogP contribution is 2.33. The average Bonchev–Trinajstić information content (AvgIpc) is 2.48. The number of methoxy groups -OCH3 is 1. The quantitative estimate of drug-likeness (QED) is 0.488. The van der Waals surface area contributed by atoms with E-state index in [0.717, 1.165) is 12.1 Å². The van der Waals surface area contributed by atoms with E-state index >= 15 is 0 Å². The summed E-state index contributed by atoms with van der Waals surface area (Å²) in [5, 5.41) is 10.9. The number of para-hydroxylation sites is 1. The first kappa shape index (κ1) is 14.4. The molecule has 1 heterocycles. The first-order valence-corrected chi connectivity index (χ1v) is 5.68. The number of rotatable bonds is 4. The van der Waals surface area contributed by atoms with Crippen LogP contribution in [0, 0.1) is 15.9 Å². The monoisotopic (exact) mass is 292 g/mol. The summed E-state index contributed by atoms with van der Waals surface area (Å²) >= 11 is 0. The standard InChI is InChI=1S/C13H9FN2O5/c1-20-13(17)8-5-6-15-11(7-8)21-12-9(14)3-2-4-10(12)16(18)19/h2-7H,1H3. The molecule has 8 heteroatoms. The minimum Gasteiger partial charge on any atom is -0.465 e. The molecular formula is C13H9FN2O5. The number of benzene rings is 1. The van der Waals surface area contributed by atoms with Gasteiger partial charge >= 0.3 is 11.7 Å². The number of halogens is 1. The van der Waals surface area contributed by atoms with Gasteiger partial charge in [-0.2, -0.15) is 0 Å². The van der Waals surface area contributed by atoms with Crippen LogP contribution in [0.15, 0.2) is 36.5 Å². The lowest BCUT2D eigenvalue weighted by atomic mass is 10.2. The number of pyridine rings is 1. The fourth-order valence-electron chi connectivity index (χ4n) is 1.56. The summed E-state index contributed by atoms with van der Waals surface area (Å²) in [6.07, 6.45) is 1.24. The van der Waals surface area contributed by atoms with E-state index in [4.69, 9.17) is 4.74 Å². The Hall–Kier alpha value is -3.03. The van der Waals surface area contributed by atoms with Crippen molar-refractivity contribution in [1.29, 1.82) is 0 Å². The first-order valence-electron chi connectivity index (χ1n) is 5.68. The van der Waals surface area contributed by atoms with E-state index in [2.05, 4.69) is 9.72 Å². The third kappa shape index (κ3) is 3.11. The molecule has 7 nitrogen and oxygen atoms in total. The molecule has 2 aromatic rings. The molecule has 0 saturated carbocycles. The molecule has 0 N–H and O–H groups in total. The maximum atomic E-state index is 13.7. The summed E-state index contributed by atoms with van der Waals surface area (Å²) in [5.41, 5.74) is -0.415. The van der Waals surface area contributed by atoms with Crippen LogP contribution in [0.2, 0.25) is 0 Å². The van der Waals surface area contributed by atoms with E-state index in [9.17, 15) is 19.3 Å². The normalized spacial score (nSPS) is 10.0. The lowest BCUT2D eigenvalue weighted by molar-refractivity contribution is -0.385. The van der Waals surface area contributed by atoms with Gasteiger partial charge in [-0.1, -0.05) is 6.07 Å². The molecule has 1 aromatic heterocycles. The topological polar surface area (TPSA) is 91.6 Å². The number of ether oxygens (including phenoxy) is 2. The second-order valence-electron chi connectivity index (χ2n) is 3.82. The molecule has 1 aromatic carbocycles. The summed E-state index contributed by atoms with van der Waals surface area (Å²) < 4.78 is 23.3. The van der Waals surface area contributed by atoms with Gasteiger partial charge in [-0.05, 0) is 12.1 Å². The molecule has 0 fully saturated rings. The van der Waals surface area contributed by atoms with Gasteiger partial charge in [0.05, 0.1) is 17.6 Å². The van der Waals surface area contributed by atoms with Crippen molar-refractivity contribution in [1.82, 2.24) is 4.98 Å². The predicted octanol–water partition coefficient (Wildman–Crippen LogP) is 2.71. The molecule has 0 spiro atoms. The Morgan fingerprint density at radius 3 is 2.81 bits per heavy atom. The van der Waals surface area contributed by atoms with Gasteiger partial charge in [0, 0.05) is 18.3 Å². The van der Waals surface area contributed by atoms with Gasteiger partial charge in [0.1, 0.15) is 0 Å². The zero-order valence-corrected chi connectivity index (χ0v) is 10.8. The largest absolute Gasteiger partial charge is 0.465 e. The Labute approximate surface area is 118 Å². The van der Waals surface area contributed by atoms with Crippen LogP contribution in [0.5, 0.6) is 11.6 Å². The molecule has 0 amide bonds. The smallest absolute Gasteiger partial charge is 0.338 e. The van der Waals surface area contributed by atoms with Crippen LogP contribution in [0.25, 0.3) is 0 Å². The van der Waals surface area contributed by atoms with Gasteiger partial charge < -0.3 is 9.47 Å². The molecule has 0 aliphatic rings. The van der Waals surface area contributed by atoms with Crippen molar-refractivity contribution < 1.29 is 23.6 Å². The summed E-state index contributed by atoms with van der Waals surface area (Å²) in [6, 6.07) is 5.88. The highest BCUT2D eigenvalue weighted by Gasteiger charge is 2.21. The minimum atomic E-state index is -0.908. The number of nitrogens with zero attached hydrogens (tertiary/aromatic N) is 2. The van der Waals surface area contributed by atoms with Gasteiger partial charge in [-0.3, -0.25) is 10.1 Å². The van der Waals surface area contributed by atoms with Crippen molar-refractivity contribution in [3.63, 3.8) is 0 Å². The fraction of sp³-hybridized carbons (Fsp3) is 0.0769. The van der Waals surface area contributed by atoms with Crippen molar-refractivity contribution in [3.8, 4) is 11.6 Å². The predicted molar refractivity (Wildman–Crippen MR) is 68.7 cm³/mol. The van der Waals surface area contributed by atoms with Crippen molar-refractivity contribution in [2.24, 2.45) is 0 Å². The lowest BCUT2D eigenvalue weighted by Crippen LogP contribution is -2.02. The molecule has 0 aliphatic carbocycles. The molecule has 108 valence electrons. The van der Waals surface area contributed by atoms with E-state index in [-0.39, 0.29) is 11.4 Å². The SMILES string of the molecule is COC(=O)c1ccnc(Oc2c(F)cccc2[N+](=O)[O-])c1. The number of carbonyl (C=O) groups excluding carboxylic acids is 1. The first-order chi connectivity index (χ1) is 10.0. The minimum absolute atomic E-state index is 0.126. The van der Waals surface area contributed by atoms with E-state index in [1.54, 1.807) is 0 Å². The van der Waals surface area contributed by atoms with Gasteiger partial charge in [-0.15, -0.1) is 0 Å². The summed E-state index contributed by atoms with van der Waals surface area (Å²) in [7, 11) is 1.20. The molecule has 21 heavy (non-hydrogen) atoms. The van der Waals surface area contributed by atoms with E-state index < -0.39 is 28.1 Å². The molecule has 0 atom stereocenters. The molecule has 0 radical (unpaired) electrons. The van der Waals surface area contributed by atoms with Gasteiger partial charge in [0.25, 0.3) is 0 Å². The molecule has 0 saturated heterocycles. The molecule has 0 aliphatic heterocycles. The van der Waals surface area contributed by atoms with Crippen LogP contribution in [-0.4, -0.2) is 23.0 Å². The summed E-state index contributed by atoms with van der Waals surface area (Å²) in [4.78, 5) is 25.2. The molecule has 2 rings (SSSR count). The maximum Gasteiger partial charge on any atom is 0.338 e. The van der Waals surface area contributed by atoms with Crippen molar-refractivity contribution in [2.45, 2.75) is 0 Å². The van der Waals surface area contributed by atoms with Gasteiger partial charge in [0.2, 0.25) is 11.6 Å². The third-order valence-electron chi connectivity index (χ3n) is 2.51. The lowest BCUT2D eigenvalue weighted by Gasteiger charge is -2.07. The zero-order valence-electron chi connectivity index (χ0n) is 10.8. The number of esters is 1. The van der Waals surface area contributed by atoms with Crippen molar-refractivity contribution in [2.75, 3.05) is 7.11 Å². The molecule has 0 unspecified atom stereocenters. The van der Waals surface area contributed by atoms with Crippen LogP contribution in [0.4, 0.5) is 10.1 Å². The third-order valence-corrected chi connectivity index (χ3v) is 2.51. The van der Waals surface area contributed by atoms with Crippen LogP contribution in [0.3, 0.4) is 0 Å². The van der Waals surface area contributed by atoms with Gasteiger partial charge in [-0.25, -0.2) is 14.2 Å². The van der Waals surface area contributed by atoms with Crippen molar-refractivity contribution >= 4 is 11.7 Å². The highest BCUT2D eigenvalue weighted by atomic mass is 19.1. The van der Waals surface area contributed by atoms with E-state index in [0.29, 0.717) is 0 Å². The number of hydrogen-bond donors (Lipinski definition) is 0. The number of hydrogen-bond acceptors (Lipinski definition) is 6. The number of nitro groups is 1. The Kier molecular flexibility index (Phi) is 4.07.